The molecule has 0 aliphatic rings. The zero-order valence-corrected chi connectivity index (χ0v) is 13.2. The Labute approximate surface area is 139 Å². The van der Waals surface area contributed by atoms with E-state index in [4.69, 9.17) is 5.11 Å². The van der Waals surface area contributed by atoms with Gasteiger partial charge in [0.2, 0.25) is 0 Å². The highest BCUT2D eigenvalue weighted by Gasteiger charge is 2.14. The minimum Gasteiger partial charge on any atom is -0.480 e. The van der Waals surface area contributed by atoms with E-state index in [-0.39, 0.29) is 12.5 Å². The van der Waals surface area contributed by atoms with Crippen LogP contribution in [0, 0.1) is 0 Å². The summed E-state index contributed by atoms with van der Waals surface area (Å²) in [7, 11) is 0. The number of nitrogens with one attached hydrogen (secondary N) is 1. The molecular formula is C16H12N4O3S. The van der Waals surface area contributed by atoms with E-state index in [9.17, 15) is 9.59 Å². The normalized spacial score (nSPS) is 11.2. The monoisotopic (exact) mass is 340 g/mol. The molecule has 0 aliphatic carbocycles. The number of benzene rings is 1. The Balaban J connectivity index is 1.66. The van der Waals surface area contributed by atoms with Crippen molar-refractivity contribution in [3.63, 3.8) is 0 Å². The number of nitrogens with zero attached hydrogens (tertiary/aromatic N) is 3. The van der Waals surface area contributed by atoms with Crippen LogP contribution in [0.1, 0.15) is 10.5 Å². The zero-order chi connectivity index (χ0) is 16.7. The first-order valence-corrected chi connectivity index (χ1v) is 8.03. The molecule has 2 N–H and O–H groups in total. The summed E-state index contributed by atoms with van der Waals surface area (Å²) in [6.45, 7) is -0.127. The van der Waals surface area contributed by atoms with E-state index in [2.05, 4.69) is 10.3 Å². The number of hydrogen-bond acceptors (Lipinski definition) is 4. The van der Waals surface area contributed by atoms with Gasteiger partial charge in [-0.25, -0.2) is 4.98 Å². The molecular weight excluding hydrogens is 328 g/mol. The van der Waals surface area contributed by atoms with Crippen molar-refractivity contribution in [3.8, 4) is 0 Å². The number of carbonyl (C=O) groups is 2. The molecule has 3 aromatic heterocycles. The minimum absolute atomic E-state index is 0.127. The maximum atomic E-state index is 12.4. The first-order chi connectivity index (χ1) is 11.6. The zero-order valence-electron chi connectivity index (χ0n) is 12.3. The highest BCUT2D eigenvalue weighted by molar-refractivity contribution is 7.15. The van der Waals surface area contributed by atoms with Gasteiger partial charge >= 0.3 is 5.97 Å². The van der Waals surface area contributed by atoms with Crippen LogP contribution in [0.15, 0.2) is 48.2 Å². The number of rotatable bonds is 4. The van der Waals surface area contributed by atoms with Gasteiger partial charge in [0.15, 0.2) is 4.96 Å². The fourth-order valence-electron chi connectivity index (χ4n) is 2.64. The Morgan fingerprint density at radius 3 is 2.92 bits per heavy atom. The predicted molar refractivity (Wildman–Crippen MR) is 90.6 cm³/mol. The number of anilines is 1. The van der Waals surface area contributed by atoms with Gasteiger partial charge in [-0.15, -0.1) is 11.3 Å². The number of carboxylic acids is 1. The Morgan fingerprint density at radius 2 is 2.12 bits per heavy atom. The van der Waals surface area contributed by atoms with E-state index in [0.717, 1.165) is 15.9 Å². The van der Waals surface area contributed by atoms with Crippen molar-refractivity contribution < 1.29 is 14.7 Å². The number of carboxylic acid groups (broad SMARTS) is 1. The lowest BCUT2D eigenvalue weighted by atomic mass is 10.2. The molecule has 24 heavy (non-hydrogen) atoms. The van der Waals surface area contributed by atoms with Crippen LogP contribution in [0.4, 0.5) is 5.69 Å². The molecule has 3 heterocycles. The van der Waals surface area contributed by atoms with Gasteiger partial charge in [0.25, 0.3) is 5.91 Å². The number of aromatic nitrogens is 3. The second kappa shape index (κ2) is 5.50. The van der Waals surface area contributed by atoms with Crippen molar-refractivity contribution in [1.82, 2.24) is 14.0 Å². The number of carbonyl (C=O) groups excluding carboxylic acids is 1. The second-order valence-electron chi connectivity index (χ2n) is 5.25. The fraction of sp³-hybridized carbons (Fsp3) is 0.0625. The van der Waals surface area contributed by atoms with Gasteiger partial charge < -0.3 is 15.0 Å². The number of imidazole rings is 1. The molecule has 1 aromatic carbocycles. The van der Waals surface area contributed by atoms with Crippen LogP contribution in [0.5, 0.6) is 0 Å². The van der Waals surface area contributed by atoms with Gasteiger partial charge in [0.1, 0.15) is 12.2 Å². The average molecular weight is 340 g/mol. The molecule has 0 saturated carbocycles. The van der Waals surface area contributed by atoms with Crippen molar-refractivity contribution in [2.75, 3.05) is 5.32 Å². The summed E-state index contributed by atoms with van der Waals surface area (Å²) >= 11 is 1.46. The third-order valence-corrected chi connectivity index (χ3v) is 4.46. The molecule has 0 unspecified atom stereocenters. The molecule has 4 aromatic rings. The number of amides is 1. The van der Waals surface area contributed by atoms with Gasteiger partial charge in [-0.3, -0.25) is 14.0 Å². The molecule has 8 heteroatoms. The SMILES string of the molecule is O=C(O)Cn1ccc2c(NC(=O)c3cn4ccsc4n3)cccc21. The maximum Gasteiger partial charge on any atom is 0.323 e. The van der Waals surface area contributed by atoms with E-state index < -0.39 is 5.97 Å². The van der Waals surface area contributed by atoms with Crippen LogP contribution in [0.2, 0.25) is 0 Å². The average Bonchev–Trinajstić information content (AvgIpc) is 3.21. The Bertz CT molecular complexity index is 1050. The summed E-state index contributed by atoms with van der Waals surface area (Å²) in [6, 6.07) is 7.17. The lowest BCUT2D eigenvalue weighted by molar-refractivity contribution is -0.137. The maximum absolute atomic E-state index is 12.4. The molecule has 0 saturated heterocycles. The van der Waals surface area contributed by atoms with Gasteiger partial charge in [-0.2, -0.15) is 0 Å². The number of hydrogen-bond donors (Lipinski definition) is 2. The minimum atomic E-state index is -0.917. The van der Waals surface area contributed by atoms with Gasteiger partial charge in [-0.05, 0) is 18.2 Å². The quantitative estimate of drug-likeness (QED) is 0.598. The second-order valence-corrected chi connectivity index (χ2v) is 6.12. The number of thiazole rings is 1. The van der Waals surface area contributed by atoms with Crippen LogP contribution in [-0.4, -0.2) is 30.9 Å². The van der Waals surface area contributed by atoms with Crippen molar-refractivity contribution in [1.29, 1.82) is 0 Å². The lowest BCUT2D eigenvalue weighted by Gasteiger charge is -2.06. The number of fused-ring (bicyclic) bond motifs is 2. The van der Waals surface area contributed by atoms with E-state index in [1.807, 2.05) is 17.6 Å². The van der Waals surface area contributed by atoms with Gasteiger partial charge in [0.05, 0.1) is 11.2 Å². The smallest absolute Gasteiger partial charge is 0.323 e. The van der Waals surface area contributed by atoms with Crippen LogP contribution < -0.4 is 5.32 Å². The van der Waals surface area contributed by atoms with Crippen LogP contribution in [-0.2, 0) is 11.3 Å². The first kappa shape index (κ1) is 14.5. The summed E-state index contributed by atoms with van der Waals surface area (Å²) in [5.41, 5.74) is 1.71. The highest BCUT2D eigenvalue weighted by atomic mass is 32.1. The standard InChI is InChI=1S/C16H12N4O3S/c21-14(22)9-19-5-4-10-11(2-1-3-13(10)19)17-15(23)12-8-20-6-7-24-16(20)18-12/h1-8H,9H2,(H,17,23)(H,21,22). The van der Waals surface area contributed by atoms with Crippen molar-refractivity contribution >= 4 is 44.8 Å². The molecule has 0 bridgehead atoms. The first-order valence-electron chi connectivity index (χ1n) is 7.15. The molecule has 0 spiro atoms. The van der Waals surface area contributed by atoms with Gasteiger partial charge in [-0.1, -0.05) is 6.07 Å². The predicted octanol–water partition coefficient (Wildman–Crippen LogP) is 2.69. The Hall–Kier alpha value is -3.13. The number of aliphatic carboxylic acids is 1. The summed E-state index contributed by atoms with van der Waals surface area (Å²) in [5.74, 6) is -1.22. The van der Waals surface area contributed by atoms with E-state index >= 15 is 0 Å². The molecule has 1 amide bonds. The summed E-state index contributed by atoms with van der Waals surface area (Å²) in [4.78, 5) is 28.4. The molecule has 0 fully saturated rings. The van der Waals surface area contributed by atoms with E-state index in [0.29, 0.717) is 11.4 Å². The summed E-state index contributed by atoms with van der Waals surface area (Å²) in [5, 5.41) is 14.5. The molecule has 0 aliphatic heterocycles. The third-order valence-electron chi connectivity index (χ3n) is 3.69. The van der Waals surface area contributed by atoms with Crippen LogP contribution in [0.3, 0.4) is 0 Å². The Morgan fingerprint density at radius 1 is 1.25 bits per heavy atom. The van der Waals surface area contributed by atoms with Crippen molar-refractivity contribution in [3.05, 3.63) is 53.9 Å². The summed E-state index contributed by atoms with van der Waals surface area (Å²) < 4.78 is 3.42. The molecule has 0 atom stereocenters. The van der Waals surface area contributed by atoms with Crippen LogP contribution >= 0.6 is 11.3 Å². The topological polar surface area (TPSA) is 88.6 Å². The van der Waals surface area contributed by atoms with Gasteiger partial charge in [0, 0.05) is 29.4 Å². The lowest BCUT2D eigenvalue weighted by Crippen LogP contribution is -2.12. The highest BCUT2D eigenvalue weighted by Crippen LogP contribution is 2.25. The van der Waals surface area contributed by atoms with Crippen LogP contribution in [0.25, 0.3) is 15.9 Å². The molecule has 4 rings (SSSR count). The van der Waals surface area contributed by atoms with E-state index in [1.54, 1.807) is 39.6 Å². The molecule has 120 valence electrons. The molecule has 7 nitrogen and oxygen atoms in total. The molecule has 0 radical (unpaired) electrons. The van der Waals surface area contributed by atoms with Crippen molar-refractivity contribution in [2.24, 2.45) is 0 Å². The largest absolute Gasteiger partial charge is 0.480 e. The van der Waals surface area contributed by atoms with E-state index in [1.165, 1.54) is 11.3 Å². The fourth-order valence-corrected chi connectivity index (χ4v) is 3.34. The third kappa shape index (κ3) is 2.42. The van der Waals surface area contributed by atoms with Crippen molar-refractivity contribution in [2.45, 2.75) is 6.54 Å². The summed E-state index contributed by atoms with van der Waals surface area (Å²) in [6.07, 6.45) is 5.22. The Kier molecular flexibility index (Phi) is 3.31.